The molecule has 1 aromatic rings. The van der Waals surface area contributed by atoms with Crippen LogP contribution in [0.1, 0.15) is 49.4 Å². The number of nitrogens with zero attached hydrogens (tertiary/aromatic N) is 2. The molecule has 0 radical (unpaired) electrons. The molecule has 1 N–H and O–H groups in total. The molecule has 0 atom stereocenters. The Morgan fingerprint density at radius 2 is 2.10 bits per heavy atom. The fraction of sp³-hybridized carbons (Fsp3) is 0.625. The van der Waals surface area contributed by atoms with Gasteiger partial charge in [0, 0.05) is 25.3 Å². The van der Waals surface area contributed by atoms with Gasteiger partial charge in [-0.1, -0.05) is 6.92 Å². The van der Waals surface area contributed by atoms with E-state index in [1.807, 2.05) is 0 Å². The molecule has 0 aliphatic heterocycles. The molecular formula is C16H24FN3O. The van der Waals surface area contributed by atoms with E-state index in [4.69, 9.17) is 0 Å². The summed E-state index contributed by atoms with van der Waals surface area (Å²) in [5.74, 6) is -0.617. The number of halogens is 1. The second kappa shape index (κ2) is 7.50. The van der Waals surface area contributed by atoms with Crippen molar-refractivity contribution < 1.29 is 9.18 Å². The molecule has 1 heterocycles. The summed E-state index contributed by atoms with van der Waals surface area (Å²) >= 11 is 0. The fourth-order valence-corrected chi connectivity index (χ4v) is 2.91. The van der Waals surface area contributed by atoms with Crippen LogP contribution in [0.5, 0.6) is 0 Å². The van der Waals surface area contributed by atoms with Crippen molar-refractivity contribution in [2.45, 2.75) is 51.1 Å². The number of hydrogen-bond donors (Lipinski definition) is 1. The molecule has 0 bridgehead atoms. The molecule has 116 valence electrons. The van der Waals surface area contributed by atoms with E-state index < -0.39 is 5.82 Å². The molecule has 1 aliphatic carbocycles. The van der Waals surface area contributed by atoms with Crippen LogP contribution >= 0.6 is 0 Å². The zero-order valence-corrected chi connectivity index (χ0v) is 12.8. The number of pyridine rings is 1. The highest BCUT2D eigenvalue weighted by Gasteiger charge is 2.27. The normalized spacial score (nSPS) is 22.0. The van der Waals surface area contributed by atoms with Gasteiger partial charge < -0.3 is 10.2 Å². The zero-order valence-electron chi connectivity index (χ0n) is 12.8. The van der Waals surface area contributed by atoms with E-state index in [-0.39, 0.29) is 11.9 Å². The maximum atomic E-state index is 13.2. The van der Waals surface area contributed by atoms with Crippen molar-refractivity contribution in [1.29, 1.82) is 0 Å². The lowest BCUT2D eigenvalue weighted by atomic mass is 9.90. The van der Waals surface area contributed by atoms with Crippen molar-refractivity contribution in [1.82, 2.24) is 15.2 Å². The van der Waals surface area contributed by atoms with Crippen LogP contribution in [0, 0.1) is 5.82 Å². The van der Waals surface area contributed by atoms with Crippen molar-refractivity contribution in [3.8, 4) is 0 Å². The maximum absolute atomic E-state index is 13.2. The number of amides is 1. The van der Waals surface area contributed by atoms with Crippen LogP contribution < -0.4 is 5.32 Å². The van der Waals surface area contributed by atoms with E-state index in [1.165, 1.54) is 12.3 Å². The Morgan fingerprint density at radius 1 is 1.38 bits per heavy atom. The molecule has 4 nitrogen and oxygen atoms in total. The molecule has 1 amide bonds. The first-order valence-corrected chi connectivity index (χ1v) is 7.73. The van der Waals surface area contributed by atoms with E-state index in [0.717, 1.165) is 44.8 Å². The van der Waals surface area contributed by atoms with Gasteiger partial charge in [-0.05, 0) is 44.7 Å². The topological polar surface area (TPSA) is 45.2 Å². The smallest absolute Gasteiger partial charge is 0.255 e. The molecule has 0 aromatic carbocycles. The van der Waals surface area contributed by atoms with Gasteiger partial charge in [0.05, 0.1) is 11.8 Å². The Balaban J connectivity index is 1.89. The quantitative estimate of drug-likeness (QED) is 0.907. The molecular weight excluding hydrogens is 269 g/mol. The molecule has 2 rings (SSSR count). The lowest BCUT2D eigenvalue weighted by Gasteiger charge is -2.35. The largest absolute Gasteiger partial charge is 0.339 e. The Labute approximate surface area is 125 Å². The second-order valence-electron chi connectivity index (χ2n) is 5.77. The minimum atomic E-state index is -0.471. The fourth-order valence-electron chi connectivity index (χ4n) is 2.91. The predicted molar refractivity (Wildman–Crippen MR) is 80.6 cm³/mol. The number of aromatic nitrogens is 1. The van der Waals surface area contributed by atoms with Crippen LogP contribution in [0.15, 0.2) is 18.5 Å². The Morgan fingerprint density at radius 3 is 2.71 bits per heavy atom. The summed E-state index contributed by atoms with van der Waals surface area (Å²) < 4.78 is 13.2. The van der Waals surface area contributed by atoms with Crippen LogP contribution in [0.25, 0.3) is 0 Å². The lowest BCUT2D eigenvalue weighted by Crippen LogP contribution is -2.43. The lowest BCUT2D eigenvalue weighted by molar-refractivity contribution is 0.0683. The molecule has 1 fully saturated rings. The Bertz CT molecular complexity index is 472. The molecule has 1 aliphatic rings. The second-order valence-corrected chi connectivity index (χ2v) is 5.77. The average molecular weight is 293 g/mol. The third-order valence-corrected chi connectivity index (χ3v) is 4.20. The molecule has 1 saturated carbocycles. The van der Waals surface area contributed by atoms with E-state index in [2.05, 4.69) is 17.2 Å². The van der Waals surface area contributed by atoms with E-state index in [0.29, 0.717) is 11.6 Å². The summed E-state index contributed by atoms with van der Waals surface area (Å²) in [4.78, 5) is 17.8. The van der Waals surface area contributed by atoms with Crippen molar-refractivity contribution in [3.63, 3.8) is 0 Å². The van der Waals surface area contributed by atoms with Gasteiger partial charge in [0.15, 0.2) is 0 Å². The number of nitrogens with one attached hydrogen (secondary N) is 1. The highest BCUT2D eigenvalue weighted by molar-refractivity contribution is 5.93. The summed E-state index contributed by atoms with van der Waals surface area (Å²) in [6.07, 6.45) is 7.84. The standard InChI is InChI=1S/C16H24FN3O/c1-3-8-19-14-4-6-15(7-5-14)20(2)16(21)12-9-13(17)11-18-10-12/h9-11,14-15,19H,3-8H2,1-2H3. The summed E-state index contributed by atoms with van der Waals surface area (Å²) in [6.45, 7) is 3.22. The van der Waals surface area contributed by atoms with Crippen molar-refractivity contribution in [3.05, 3.63) is 29.8 Å². The van der Waals surface area contributed by atoms with Gasteiger partial charge >= 0.3 is 0 Å². The first-order valence-electron chi connectivity index (χ1n) is 7.73. The molecule has 1 aromatic heterocycles. The number of carbonyl (C=O) groups excluding carboxylic acids is 1. The number of hydrogen-bond acceptors (Lipinski definition) is 3. The molecule has 0 unspecified atom stereocenters. The first-order chi connectivity index (χ1) is 10.1. The summed E-state index contributed by atoms with van der Waals surface area (Å²) in [5.41, 5.74) is 0.323. The van der Waals surface area contributed by atoms with Crippen LogP contribution in [0.4, 0.5) is 4.39 Å². The van der Waals surface area contributed by atoms with E-state index in [9.17, 15) is 9.18 Å². The zero-order chi connectivity index (χ0) is 15.2. The van der Waals surface area contributed by atoms with E-state index >= 15 is 0 Å². The Hall–Kier alpha value is -1.49. The first kappa shape index (κ1) is 15.9. The van der Waals surface area contributed by atoms with Gasteiger partial charge in [0.2, 0.25) is 0 Å². The van der Waals surface area contributed by atoms with Gasteiger partial charge in [0.25, 0.3) is 5.91 Å². The highest BCUT2D eigenvalue weighted by atomic mass is 19.1. The summed E-state index contributed by atoms with van der Waals surface area (Å²) in [6, 6.07) is 2.06. The van der Waals surface area contributed by atoms with Crippen LogP contribution in [-0.4, -0.2) is 41.5 Å². The maximum Gasteiger partial charge on any atom is 0.255 e. The summed E-state index contributed by atoms with van der Waals surface area (Å²) in [5, 5.41) is 3.54. The molecule has 0 spiro atoms. The monoisotopic (exact) mass is 293 g/mol. The van der Waals surface area contributed by atoms with Crippen LogP contribution in [0.3, 0.4) is 0 Å². The van der Waals surface area contributed by atoms with Gasteiger partial charge in [-0.15, -0.1) is 0 Å². The highest BCUT2D eigenvalue weighted by Crippen LogP contribution is 2.23. The Kier molecular flexibility index (Phi) is 5.67. The molecule has 21 heavy (non-hydrogen) atoms. The predicted octanol–water partition coefficient (Wildman–Crippen LogP) is 2.60. The van der Waals surface area contributed by atoms with Gasteiger partial charge in [-0.25, -0.2) is 4.39 Å². The van der Waals surface area contributed by atoms with Gasteiger partial charge in [0.1, 0.15) is 5.82 Å². The third kappa shape index (κ3) is 4.24. The third-order valence-electron chi connectivity index (χ3n) is 4.20. The van der Waals surface area contributed by atoms with Crippen molar-refractivity contribution >= 4 is 5.91 Å². The SMILES string of the molecule is CCCNC1CCC(N(C)C(=O)c2cncc(F)c2)CC1. The van der Waals surface area contributed by atoms with Gasteiger partial charge in [-0.3, -0.25) is 9.78 Å². The summed E-state index contributed by atoms with van der Waals surface area (Å²) in [7, 11) is 1.80. The van der Waals surface area contributed by atoms with Crippen LogP contribution in [0.2, 0.25) is 0 Å². The van der Waals surface area contributed by atoms with E-state index in [1.54, 1.807) is 11.9 Å². The van der Waals surface area contributed by atoms with Gasteiger partial charge in [-0.2, -0.15) is 0 Å². The van der Waals surface area contributed by atoms with Crippen LogP contribution in [-0.2, 0) is 0 Å². The minimum Gasteiger partial charge on any atom is -0.339 e. The number of rotatable bonds is 5. The van der Waals surface area contributed by atoms with Crippen molar-refractivity contribution in [2.75, 3.05) is 13.6 Å². The molecule has 0 saturated heterocycles. The minimum absolute atomic E-state index is 0.146. The number of carbonyl (C=O) groups is 1. The van der Waals surface area contributed by atoms with Crippen molar-refractivity contribution in [2.24, 2.45) is 0 Å². The average Bonchev–Trinajstić information content (AvgIpc) is 2.52. The molecule has 5 heteroatoms.